The lowest BCUT2D eigenvalue weighted by atomic mass is 10.2. The van der Waals surface area contributed by atoms with Gasteiger partial charge in [0.1, 0.15) is 5.84 Å². The van der Waals surface area contributed by atoms with Gasteiger partial charge in [-0.15, -0.1) is 0 Å². The van der Waals surface area contributed by atoms with E-state index in [1.807, 2.05) is 13.8 Å². The summed E-state index contributed by atoms with van der Waals surface area (Å²) in [7, 11) is 0. The van der Waals surface area contributed by atoms with E-state index in [4.69, 9.17) is 15.9 Å². The summed E-state index contributed by atoms with van der Waals surface area (Å²) in [6, 6.07) is 3.16. The molecule has 0 unspecified atom stereocenters. The van der Waals surface area contributed by atoms with Gasteiger partial charge in [0.25, 0.3) is 0 Å². The molecule has 0 amide bonds. The van der Waals surface area contributed by atoms with E-state index in [-0.39, 0.29) is 27.7 Å². The number of nitrogen functional groups attached to an aromatic ring is 1. The highest BCUT2D eigenvalue weighted by atomic mass is 79.9. The molecule has 0 bridgehead atoms. The Bertz CT molecular complexity index is 654. The van der Waals surface area contributed by atoms with Gasteiger partial charge in [0, 0.05) is 11.6 Å². The van der Waals surface area contributed by atoms with Gasteiger partial charge < -0.3 is 10.5 Å². The average molecular weight is 341 g/mol. The molecule has 106 valence electrons. The number of hydrogen-bond donors (Lipinski definition) is 2. The second-order valence-electron chi connectivity index (χ2n) is 4.50. The van der Waals surface area contributed by atoms with Crippen molar-refractivity contribution in [3.8, 4) is 11.5 Å². The number of benzene rings is 1. The molecule has 5 nitrogen and oxygen atoms in total. The van der Waals surface area contributed by atoms with Crippen molar-refractivity contribution in [3.63, 3.8) is 0 Å². The van der Waals surface area contributed by atoms with E-state index >= 15 is 0 Å². The molecule has 1 heterocycles. The van der Waals surface area contributed by atoms with Crippen LogP contribution >= 0.6 is 15.9 Å². The maximum atomic E-state index is 14.1. The number of nitrogens with two attached hydrogens (primary N) is 1. The predicted molar refractivity (Wildman–Crippen MR) is 77.8 cm³/mol. The average Bonchev–Trinajstić information content (AvgIpc) is 2.83. The van der Waals surface area contributed by atoms with Crippen LogP contribution in [0.25, 0.3) is 0 Å². The number of nitrogens with one attached hydrogen (secondary N) is 1. The third-order valence-corrected chi connectivity index (χ3v) is 3.45. The zero-order valence-electron chi connectivity index (χ0n) is 11.0. The van der Waals surface area contributed by atoms with Crippen LogP contribution in [0.1, 0.15) is 25.5 Å². The van der Waals surface area contributed by atoms with E-state index in [1.165, 1.54) is 18.3 Å². The van der Waals surface area contributed by atoms with Gasteiger partial charge in [-0.3, -0.25) is 10.1 Å². The first-order valence-electron chi connectivity index (χ1n) is 5.94. The summed E-state index contributed by atoms with van der Waals surface area (Å²) in [6.07, 6.45) is 3.21. The lowest BCUT2D eigenvalue weighted by molar-refractivity contribution is 0.438. The van der Waals surface area contributed by atoms with E-state index in [0.717, 1.165) is 0 Å². The van der Waals surface area contributed by atoms with E-state index < -0.39 is 5.82 Å². The van der Waals surface area contributed by atoms with Crippen LogP contribution in [0.4, 0.5) is 4.39 Å². The quantitative estimate of drug-likeness (QED) is 0.661. The molecule has 3 N–H and O–H groups in total. The molecule has 7 heteroatoms. The number of ether oxygens (including phenoxy) is 1. The van der Waals surface area contributed by atoms with Crippen LogP contribution in [-0.4, -0.2) is 15.6 Å². The normalized spacial score (nSPS) is 10.8. The topological polar surface area (TPSA) is 76.9 Å². The molecular weight excluding hydrogens is 327 g/mol. The smallest absolute Gasteiger partial charge is 0.180 e. The molecule has 1 aromatic carbocycles. The zero-order valence-corrected chi connectivity index (χ0v) is 12.6. The van der Waals surface area contributed by atoms with E-state index in [2.05, 4.69) is 21.0 Å². The standard InChI is InChI=1S/C13H14BrFN4O/c1-7(2)19-6-8(5-18-19)20-10-4-3-9(13(16)17)11(14)12(10)15/h3-7H,1-2H3,(H3,16,17). The van der Waals surface area contributed by atoms with E-state index in [9.17, 15) is 4.39 Å². The fourth-order valence-electron chi connectivity index (χ4n) is 1.60. The van der Waals surface area contributed by atoms with Crippen molar-refractivity contribution in [2.75, 3.05) is 0 Å². The van der Waals surface area contributed by atoms with Crippen molar-refractivity contribution in [1.29, 1.82) is 5.41 Å². The van der Waals surface area contributed by atoms with Gasteiger partial charge in [0.2, 0.25) is 0 Å². The summed E-state index contributed by atoms with van der Waals surface area (Å²) in [5.74, 6) is -0.324. The molecule has 0 spiro atoms. The summed E-state index contributed by atoms with van der Waals surface area (Å²) in [4.78, 5) is 0. The van der Waals surface area contributed by atoms with Gasteiger partial charge in [-0.1, -0.05) is 0 Å². The highest BCUT2D eigenvalue weighted by Gasteiger charge is 2.15. The van der Waals surface area contributed by atoms with Gasteiger partial charge in [-0.05, 0) is 41.9 Å². The van der Waals surface area contributed by atoms with Crippen molar-refractivity contribution < 1.29 is 9.13 Å². The van der Waals surface area contributed by atoms with Crippen LogP contribution in [0.2, 0.25) is 0 Å². The summed E-state index contributed by atoms with van der Waals surface area (Å²) in [6.45, 7) is 3.96. The monoisotopic (exact) mass is 340 g/mol. The first-order valence-corrected chi connectivity index (χ1v) is 6.74. The molecule has 2 aromatic rings. The molecule has 0 aliphatic heterocycles. The lowest BCUT2D eigenvalue weighted by Crippen LogP contribution is -2.12. The Balaban J connectivity index is 2.29. The van der Waals surface area contributed by atoms with Crippen molar-refractivity contribution in [3.05, 3.63) is 40.4 Å². The Morgan fingerprint density at radius 2 is 2.20 bits per heavy atom. The zero-order chi connectivity index (χ0) is 14.9. The predicted octanol–water partition coefficient (Wildman–Crippen LogP) is 3.44. The van der Waals surface area contributed by atoms with Crippen LogP contribution in [-0.2, 0) is 0 Å². The summed E-state index contributed by atoms with van der Waals surface area (Å²) < 4.78 is 21.4. The number of aromatic nitrogens is 2. The van der Waals surface area contributed by atoms with Gasteiger partial charge >= 0.3 is 0 Å². The second kappa shape index (κ2) is 5.62. The third-order valence-electron chi connectivity index (χ3n) is 2.67. The van der Waals surface area contributed by atoms with Gasteiger partial charge in [-0.25, -0.2) is 4.39 Å². The van der Waals surface area contributed by atoms with E-state index in [1.54, 1.807) is 10.9 Å². The van der Waals surface area contributed by atoms with Crippen LogP contribution < -0.4 is 10.5 Å². The highest BCUT2D eigenvalue weighted by molar-refractivity contribution is 9.10. The maximum absolute atomic E-state index is 14.1. The van der Waals surface area contributed by atoms with Gasteiger partial charge in [0.15, 0.2) is 17.3 Å². The number of halogens is 2. The first-order chi connectivity index (χ1) is 9.40. The van der Waals surface area contributed by atoms with Crippen molar-refractivity contribution in [2.24, 2.45) is 5.73 Å². The van der Waals surface area contributed by atoms with Crippen LogP contribution in [0.5, 0.6) is 11.5 Å². The molecule has 1 aromatic heterocycles. The largest absolute Gasteiger partial charge is 0.451 e. The van der Waals surface area contributed by atoms with Crippen LogP contribution in [0.15, 0.2) is 29.0 Å². The molecule has 0 fully saturated rings. The molecule has 0 radical (unpaired) electrons. The van der Waals surface area contributed by atoms with Crippen molar-refractivity contribution in [1.82, 2.24) is 9.78 Å². The molecule has 0 aliphatic rings. The Kier molecular flexibility index (Phi) is 4.08. The number of rotatable bonds is 4. The van der Waals surface area contributed by atoms with Gasteiger partial charge in [0.05, 0.1) is 16.9 Å². The van der Waals surface area contributed by atoms with E-state index in [0.29, 0.717) is 5.75 Å². The summed E-state index contributed by atoms with van der Waals surface area (Å²) in [5, 5.41) is 11.5. The minimum atomic E-state index is -0.602. The number of amidine groups is 1. The minimum absolute atomic E-state index is 0.0465. The van der Waals surface area contributed by atoms with Crippen LogP contribution in [0.3, 0.4) is 0 Å². The molecule has 0 atom stereocenters. The summed E-state index contributed by atoms with van der Waals surface area (Å²) in [5.41, 5.74) is 5.64. The highest BCUT2D eigenvalue weighted by Crippen LogP contribution is 2.31. The van der Waals surface area contributed by atoms with Crippen molar-refractivity contribution >= 4 is 21.8 Å². The number of hydrogen-bond acceptors (Lipinski definition) is 3. The third kappa shape index (κ3) is 2.82. The Labute approximate surface area is 124 Å². The summed E-state index contributed by atoms with van der Waals surface area (Å²) >= 11 is 3.08. The maximum Gasteiger partial charge on any atom is 0.180 e. The molecule has 0 saturated heterocycles. The molecule has 2 rings (SSSR count). The first kappa shape index (κ1) is 14.5. The molecule has 0 aliphatic carbocycles. The fraction of sp³-hybridized carbons (Fsp3) is 0.231. The SMILES string of the molecule is CC(C)n1cc(Oc2ccc(C(=N)N)c(Br)c2F)cn1. The second-order valence-corrected chi connectivity index (χ2v) is 5.30. The Morgan fingerprint density at radius 1 is 1.50 bits per heavy atom. The lowest BCUT2D eigenvalue weighted by Gasteiger charge is -2.09. The van der Waals surface area contributed by atoms with Crippen LogP contribution in [0, 0.1) is 11.2 Å². The molecule has 20 heavy (non-hydrogen) atoms. The minimum Gasteiger partial charge on any atom is -0.451 e. The Hall–Kier alpha value is -1.89. The Morgan fingerprint density at radius 3 is 2.75 bits per heavy atom. The van der Waals surface area contributed by atoms with Gasteiger partial charge in [-0.2, -0.15) is 5.10 Å². The fourth-order valence-corrected chi connectivity index (χ4v) is 2.14. The van der Waals surface area contributed by atoms with Crippen molar-refractivity contribution in [2.45, 2.75) is 19.9 Å². The molecular formula is C13H14BrFN4O. The number of nitrogens with zero attached hydrogens (tertiary/aromatic N) is 2. The molecule has 0 saturated carbocycles.